The second-order valence-corrected chi connectivity index (χ2v) is 8.98. The van der Waals surface area contributed by atoms with Crippen LogP contribution in [-0.4, -0.2) is 47.3 Å². The molecule has 1 aromatic heterocycles. The fourth-order valence-corrected chi connectivity index (χ4v) is 4.77. The highest BCUT2D eigenvalue weighted by Gasteiger charge is 2.73. The Kier molecular flexibility index (Phi) is 7.11. The Morgan fingerprint density at radius 2 is 1.94 bits per heavy atom. The molecular formula is C26H28ClN3O3. The van der Waals surface area contributed by atoms with Crippen LogP contribution in [0, 0.1) is 17.2 Å². The van der Waals surface area contributed by atoms with Crippen LogP contribution in [-0.2, 0) is 11.2 Å². The number of ether oxygens (including phenoxy) is 1. The van der Waals surface area contributed by atoms with Crippen molar-refractivity contribution in [2.24, 2.45) is 5.92 Å². The van der Waals surface area contributed by atoms with Gasteiger partial charge in [0.05, 0.1) is 22.8 Å². The van der Waals surface area contributed by atoms with Gasteiger partial charge in [-0.25, -0.2) is 0 Å². The van der Waals surface area contributed by atoms with Crippen LogP contribution >= 0.6 is 11.6 Å². The van der Waals surface area contributed by atoms with E-state index in [0.29, 0.717) is 21.9 Å². The molecule has 2 N–H and O–H groups in total. The predicted octanol–water partition coefficient (Wildman–Crippen LogP) is 3.94. The molecule has 1 aliphatic heterocycles. The number of aliphatic hydroxyl groups is 2. The Labute approximate surface area is 199 Å². The molecule has 2 aliphatic rings. The molecule has 2 heterocycles. The summed E-state index contributed by atoms with van der Waals surface area (Å²) in [6, 6.07) is 10.4. The van der Waals surface area contributed by atoms with Crippen LogP contribution in [0.15, 0.2) is 73.5 Å². The van der Waals surface area contributed by atoms with Gasteiger partial charge in [0.15, 0.2) is 11.2 Å². The zero-order valence-electron chi connectivity index (χ0n) is 19.0. The lowest BCUT2D eigenvalue weighted by atomic mass is 9.72. The van der Waals surface area contributed by atoms with Crippen LogP contribution in [0.4, 0.5) is 0 Å². The third-order valence-corrected chi connectivity index (χ3v) is 6.05. The van der Waals surface area contributed by atoms with Gasteiger partial charge >= 0.3 is 0 Å². The lowest BCUT2D eigenvalue weighted by molar-refractivity contribution is -0.154. The molecule has 7 heteroatoms. The van der Waals surface area contributed by atoms with Gasteiger partial charge in [-0.15, -0.1) is 0 Å². The van der Waals surface area contributed by atoms with Crippen molar-refractivity contribution in [1.29, 1.82) is 5.26 Å². The maximum Gasteiger partial charge on any atom is 0.180 e. The van der Waals surface area contributed by atoms with E-state index in [4.69, 9.17) is 21.6 Å². The van der Waals surface area contributed by atoms with E-state index in [-0.39, 0.29) is 12.1 Å². The van der Waals surface area contributed by atoms with Gasteiger partial charge in [0, 0.05) is 18.2 Å². The molecule has 4 atom stereocenters. The number of fused-ring (bicyclic) bond motifs is 3. The molecule has 0 spiro atoms. The number of aliphatic hydroxyl groups excluding tert-OH is 1. The van der Waals surface area contributed by atoms with Gasteiger partial charge < -0.3 is 19.8 Å². The van der Waals surface area contributed by atoms with Crippen LogP contribution in [0.1, 0.15) is 23.2 Å². The largest absolute Gasteiger partial charge is 0.476 e. The molecule has 172 valence electrons. The summed E-state index contributed by atoms with van der Waals surface area (Å²) in [5.74, 6) is -0.131. The average molecular weight is 466 g/mol. The van der Waals surface area contributed by atoms with Crippen molar-refractivity contribution in [2.75, 3.05) is 21.1 Å². The summed E-state index contributed by atoms with van der Waals surface area (Å²) in [5.41, 5.74) is -1.09. The third kappa shape index (κ3) is 3.98. The van der Waals surface area contributed by atoms with Gasteiger partial charge in [0.2, 0.25) is 0 Å². The second kappa shape index (κ2) is 9.50. The number of hydrogen-bond donors (Lipinski definition) is 2. The minimum absolute atomic E-state index is 0.228. The van der Waals surface area contributed by atoms with Crippen LogP contribution < -0.4 is 4.74 Å². The lowest BCUT2D eigenvalue weighted by Gasteiger charge is -2.40. The summed E-state index contributed by atoms with van der Waals surface area (Å²) in [5, 5.41) is 32.5. The maximum atomic E-state index is 11.9. The van der Waals surface area contributed by atoms with Crippen molar-refractivity contribution in [3.63, 3.8) is 0 Å². The monoisotopic (exact) mass is 465 g/mol. The van der Waals surface area contributed by atoms with E-state index in [1.54, 1.807) is 48.6 Å². The van der Waals surface area contributed by atoms with Crippen molar-refractivity contribution in [1.82, 2.24) is 9.88 Å². The fraction of sp³-hybridized carbons (Fsp3) is 0.308. The fourth-order valence-electron chi connectivity index (χ4n) is 4.62. The number of nitrogens with zero attached hydrogens (tertiary/aromatic N) is 3. The van der Waals surface area contributed by atoms with Gasteiger partial charge in [-0.2, -0.15) is 5.26 Å². The molecule has 0 radical (unpaired) electrons. The van der Waals surface area contributed by atoms with Crippen molar-refractivity contribution in [3.05, 3.63) is 95.3 Å². The molecular weight excluding hydrogens is 438 g/mol. The molecule has 0 saturated heterocycles. The van der Waals surface area contributed by atoms with Gasteiger partial charge in [-0.1, -0.05) is 55.1 Å². The SMILES string of the molecule is C=C/C=C(\C=C)C1CC(O)C2(O)c3ncc(Cl)cc3OC12c1ccc(C#N)cc1.CN(C)C. The van der Waals surface area contributed by atoms with Gasteiger partial charge in [-0.3, -0.25) is 4.98 Å². The van der Waals surface area contributed by atoms with E-state index in [0.717, 1.165) is 5.57 Å². The van der Waals surface area contributed by atoms with Crippen LogP contribution in [0.2, 0.25) is 5.02 Å². The maximum absolute atomic E-state index is 11.9. The van der Waals surface area contributed by atoms with Gasteiger partial charge in [0.25, 0.3) is 0 Å². The molecule has 1 saturated carbocycles. The van der Waals surface area contributed by atoms with Gasteiger partial charge in [-0.05, 0) is 50.8 Å². The van der Waals surface area contributed by atoms with Crippen molar-refractivity contribution in [2.45, 2.75) is 23.7 Å². The van der Waals surface area contributed by atoms with E-state index < -0.39 is 23.2 Å². The van der Waals surface area contributed by atoms with E-state index in [9.17, 15) is 10.2 Å². The van der Waals surface area contributed by atoms with Crippen LogP contribution in [0.5, 0.6) is 5.75 Å². The zero-order chi connectivity index (χ0) is 24.4. The second-order valence-electron chi connectivity index (χ2n) is 8.55. The third-order valence-electron chi connectivity index (χ3n) is 5.84. The Morgan fingerprint density at radius 1 is 1.30 bits per heavy atom. The minimum Gasteiger partial charge on any atom is -0.476 e. The normalized spacial score (nSPS) is 27.5. The molecule has 33 heavy (non-hydrogen) atoms. The summed E-state index contributed by atoms with van der Waals surface area (Å²) in [4.78, 5) is 6.31. The molecule has 1 aliphatic carbocycles. The molecule has 2 aromatic rings. The highest BCUT2D eigenvalue weighted by molar-refractivity contribution is 6.30. The zero-order valence-corrected chi connectivity index (χ0v) is 19.8. The van der Waals surface area contributed by atoms with Crippen LogP contribution in [0.25, 0.3) is 0 Å². The number of pyridine rings is 1. The molecule has 4 unspecified atom stereocenters. The van der Waals surface area contributed by atoms with Crippen molar-refractivity contribution < 1.29 is 14.9 Å². The number of halogens is 1. The number of rotatable bonds is 4. The minimum atomic E-state index is -1.81. The highest BCUT2D eigenvalue weighted by Crippen LogP contribution is 2.65. The Morgan fingerprint density at radius 3 is 2.48 bits per heavy atom. The summed E-state index contributed by atoms with van der Waals surface area (Å²) >= 11 is 6.11. The smallest absolute Gasteiger partial charge is 0.180 e. The Balaban J connectivity index is 0.000000709. The first-order valence-corrected chi connectivity index (χ1v) is 10.9. The summed E-state index contributed by atoms with van der Waals surface area (Å²) < 4.78 is 6.41. The first kappa shape index (κ1) is 24.7. The van der Waals surface area contributed by atoms with Gasteiger partial charge in [0.1, 0.15) is 11.4 Å². The first-order valence-electron chi connectivity index (χ1n) is 10.5. The molecule has 0 bridgehead atoms. The highest BCUT2D eigenvalue weighted by atomic mass is 35.5. The van der Waals surface area contributed by atoms with Crippen molar-refractivity contribution >= 4 is 11.6 Å². The molecule has 1 aromatic carbocycles. The van der Waals surface area contributed by atoms with Crippen molar-refractivity contribution in [3.8, 4) is 11.8 Å². The summed E-state index contributed by atoms with van der Waals surface area (Å²) in [7, 11) is 6.00. The topological polar surface area (TPSA) is 89.6 Å². The Hall–Kier alpha value is -2.95. The lowest BCUT2D eigenvalue weighted by Crippen LogP contribution is -2.53. The van der Waals surface area contributed by atoms with E-state index in [2.05, 4.69) is 24.2 Å². The number of aromatic nitrogens is 1. The van der Waals surface area contributed by atoms with E-state index in [1.165, 1.54) is 6.20 Å². The molecule has 6 nitrogen and oxygen atoms in total. The number of nitriles is 1. The first-order chi connectivity index (χ1) is 15.6. The average Bonchev–Trinajstić information content (AvgIpc) is 3.17. The van der Waals surface area contributed by atoms with E-state index >= 15 is 0 Å². The standard InChI is InChI=1S/C23H19ClN2O3.C3H9N/c1-3-5-15(4-2)18-11-20(27)22(28)21-19(10-17(24)13-26-21)29-23(18,22)16-8-6-14(12-25)7-9-16;1-4(2)3/h3-10,13,18,20,27-28H,1-2,11H2;1-3H3/b15-5+;. The number of benzene rings is 1. The summed E-state index contributed by atoms with van der Waals surface area (Å²) in [6.07, 6.45) is 5.59. The Bertz CT molecular complexity index is 1120. The quantitative estimate of drug-likeness (QED) is 0.665. The van der Waals surface area contributed by atoms with Crippen LogP contribution in [0.3, 0.4) is 0 Å². The summed E-state index contributed by atoms with van der Waals surface area (Å²) in [6.45, 7) is 7.64. The predicted molar refractivity (Wildman–Crippen MR) is 129 cm³/mol. The number of hydrogen-bond acceptors (Lipinski definition) is 6. The molecule has 4 rings (SSSR count). The number of allylic oxidation sites excluding steroid dienone is 3. The van der Waals surface area contributed by atoms with E-state index in [1.807, 2.05) is 26.0 Å². The molecule has 1 fully saturated rings. The molecule has 0 amide bonds.